The number of rotatable bonds is 5. The van der Waals surface area contributed by atoms with Crippen LogP contribution in [0, 0.1) is 0 Å². The molecule has 0 spiro atoms. The second-order valence-electron chi connectivity index (χ2n) is 3.24. The second-order valence-corrected chi connectivity index (χ2v) is 4.53. The average Bonchev–Trinajstić information content (AvgIpc) is 2.50. The van der Waals surface area contributed by atoms with Gasteiger partial charge in [0, 0.05) is 17.7 Å². The number of unbranched alkanes of at least 4 members (excludes halogenated alkanes) is 3. The third-order valence-corrected chi connectivity index (χ3v) is 3.42. The van der Waals surface area contributed by atoms with Gasteiger partial charge in [-0.3, -0.25) is 0 Å². The minimum absolute atomic E-state index is 0.923. The molecule has 1 aliphatic rings. The highest BCUT2D eigenvalue weighted by atomic mass is 32.2. The van der Waals surface area contributed by atoms with Crippen LogP contribution in [-0.4, -0.2) is 17.7 Å². The highest BCUT2D eigenvalue weighted by Crippen LogP contribution is 2.20. The molecule has 1 heterocycles. The van der Waals surface area contributed by atoms with E-state index < -0.39 is 0 Å². The van der Waals surface area contributed by atoms with E-state index in [2.05, 4.69) is 24.0 Å². The lowest BCUT2D eigenvalue weighted by atomic mass is 10.1. The lowest BCUT2D eigenvalue weighted by molar-refractivity contribution is 0.611. The molecular formula is C9H19NS. The van der Waals surface area contributed by atoms with Gasteiger partial charge in [-0.2, -0.15) is 0 Å². The predicted octanol–water partition coefficient (Wildman–Crippen LogP) is 2.62. The fourth-order valence-corrected chi connectivity index (χ4v) is 2.48. The molecule has 0 aromatic carbocycles. The van der Waals surface area contributed by atoms with Crippen molar-refractivity contribution in [1.82, 2.24) is 5.32 Å². The molecule has 0 amide bonds. The van der Waals surface area contributed by atoms with Crippen molar-refractivity contribution in [2.75, 3.05) is 12.4 Å². The Morgan fingerprint density at radius 3 is 2.91 bits per heavy atom. The van der Waals surface area contributed by atoms with Gasteiger partial charge in [-0.1, -0.05) is 32.6 Å². The topological polar surface area (TPSA) is 12.0 Å². The molecule has 1 nitrogen and oxygen atoms in total. The second kappa shape index (κ2) is 5.90. The van der Waals surface area contributed by atoms with Crippen LogP contribution in [0.2, 0.25) is 0 Å². The van der Waals surface area contributed by atoms with Crippen LogP contribution < -0.4 is 5.32 Å². The summed E-state index contributed by atoms with van der Waals surface area (Å²) >= 11 is 2.09. The van der Waals surface area contributed by atoms with E-state index in [1.165, 1.54) is 44.5 Å². The van der Waals surface area contributed by atoms with Crippen molar-refractivity contribution in [3.63, 3.8) is 0 Å². The molecule has 0 saturated carbocycles. The standard InChI is InChI=1S/C9H19NS/c1-2-3-4-5-6-9-7-10-8-11-9/h9-10H,2-8H2,1H3. The van der Waals surface area contributed by atoms with E-state index >= 15 is 0 Å². The molecule has 66 valence electrons. The molecule has 1 aliphatic heterocycles. The summed E-state index contributed by atoms with van der Waals surface area (Å²) in [4.78, 5) is 0. The first kappa shape index (κ1) is 9.40. The Morgan fingerprint density at radius 2 is 2.27 bits per heavy atom. The van der Waals surface area contributed by atoms with Gasteiger partial charge < -0.3 is 5.32 Å². The van der Waals surface area contributed by atoms with Crippen molar-refractivity contribution in [3.8, 4) is 0 Å². The van der Waals surface area contributed by atoms with Gasteiger partial charge in [0.15, 0.2) is 0 Å². The first-order valence-corrected chi connectivity index (χ1v) is 5.80. The molecule has 0 bridgehead atoms. The quantitative estimate of drug-likeness (QED) is 0.641. The largest absolute Gasteiger partial charge is 0.307 e. The maximum Gasteiger partial charge on any atom is 0.0421 e. The van der Waals surface area contributed by atoms with E-state index in [0.717, 1.165) is 5.25 Å². The van der Waals surface area contributed by atoms with Crippen LogP contribution in [0.1, 0.15) is 39.0 Å². The predicted molar refractivity (Wildman–Crippen MR) is 53.0 cm³/mol. The first-order chi connectivity index (χ1) is 5.43. The normalized spacial score (nSPS) is 24.3. The fraction of sp³-hybridized carbons (Fsp3) is 1.00. The van der Waals surface area contributed by atoms with E-state index in [1.807, 2.05) is 0 Å². The van der Waals surface area contributed by atoms with Gasteiger partial charge in [0.25, 0.3) is 0 Å². The summed E-state index contributed by atoms with van der Waals surface area (Å²) in [6.45, 7) is 3.52. The summed E-state index contributed by atoms with van der Waals surface area (Å²) in [5.41, 5.74) is 0. The third kappa shape index (κ3) is 4.02. The molecule has 1 atom stereocenters. The van der Waals surface area contributed by atoms with E-state index in [1.54, 1.807) is 0 Å². The Bertz CT molecular complexity index is 89.6. The Hall–Kier alpha value is 0.310. The minimum atomic E-state index is 0.923. The maximum atomic E-state index is 3.38. The van der Waals surface area contributed by atoms with Gasteiger partial charge in [-0.15, -0.1) is 11.8 Å². The zero-order chi connectivity index (χ0) is 7.94. The van der Waals surface area contributed by atoms with Crippen molar-refractivity contribution >= 4 is 11.8 Å². The summed E-state index contributed by atoms with van der Waals surface area (Å²) < 4.78 is 0. The molecule has 0 aromatic rings. The van der Waals surface area contributed by atoms with Crippen LogP contribution in [0.4, 0.5) is 0 Å². The van der Waals surface area contributed by atoms with Gasteiger partial charge in [0.2, 0.25) is 0 Å². The highest BCUT2D eigenvalue weighted by molar-refractivity contribution is 8.00. The van der Waals surface area contributed by atoms with Crippen LogP contribution in [0.5, 0.6) is 0 Å². The molecule has 2 heteroatoms. The Labute approximate surface area is 74.3 Å². The molecule has 0 radical (unpaired) electrons. The van der Waals surface area contributed by atoms with Crippen molar-refractivity contribution in [2.24, 2.45) is 0 Å². The van der Waals surface area contributed by atoms with Crippen LogP contribution in [0.3, 0.4) is 0 Å². The number of nitrogens with one attached hydrogen (secondary N) is 1. The molecular weight excluding hydrogens is 154 g/mol. The van der Waals surface area contributed by atoms with Gasteiger partial charge in [-0.05, 0) is 6.42 Å². The average molecular weight is 173 g/mol. The summed E-state index contributed by atoms with van der Waals surface area (Å²) in [5, 5.41) is 4.30. The van der Waals surface area contributed by atoms with E-state index in [-0.39, 0.29) is 0 Å². The van der Waals surface area contributed by atoms with E-state index in [4.69, 9.17) is 0 Å². The molecule has 1 unspecified atom stereocenters. The van der Waals surface area contributed by atoms with Crippen molar-refractivity contribution in [2.45, 2.75) is 44.3 Å². The van der Waals surface area contributed by atoms with Gasteiger partial charge in [0.05, 0.1) is 0 Å². The number of hydrogen-bond donors (Lipinski definition) is 1. The molecule has 0 aromatic heterocycles. The van der Waals surface area contributed by atoms with Crippen LogP contribution in [0.25, 0.3) is 0 Å². The molecule has 1 rings (SSSR count). The lowest BCUT2D eigenvalue weighted by Gasteiger charge is -2.05. The summed E-state index contributed by atoms with van der Waals surface area (Å²) in [6.07, 6.45) is 7.08. The van der Waals surface area contributed by atoms with Crippen molar-refractivity contribution in [3.05, 3.63) is 0 Å². The minimum Gasteiger partial charge on any atom is -0.307 e. The monoisotopic (exact) mass is 173 g/mol. The smallest absolute Gasteiger partial charge is 0.0421 e. The van der Waals surface area contributed by atoms with Gasteiger partial charge >= 0.3 is 0 Å². The zero-order valence-corrected chi connectivity index (χ0v) is 8.25. The fourth-order valence-electron chi connectivity index (χ4n) is 1.44. The van der Waals surface area contributed by atoms with Crippen LogP contribution in [0.15, 0.2) is 0 Å². The molecule has 1 N–H and O–H groups in total. The van der Waals surface area contributed by atoms with Gasteiger partial charge in [-0.25, -0.2) is 0 Å². The summed E-state index contributed by atoms with van der Waals surface area (Å²) in [7, 11) is 0. The summed E-state index contributed by atoms with van der Waals surface area (Å²) in [6, 6.07) is 0. The van der Waals surface area contributed by atoms with Gasteiger partial charge in [0.1, 0.15) is 0 Å². The number of thioether (sulfide) groups is 1. The van der Waals surface area contributed by atoms with E-state index in [0.29, 0.717) is 0 Å². The molecule has 0 aliphatic carbocycles. The van der Waals surface area contributed by atoms with Crippen molar-refractivity contribution in [1.29, 1.82) is 0 Å². The first-order valence-electron chi connectivity index (χ1n) is 4.76. The number of hydrogen-bond acceptors (Lipinski definition) is 2. The zero-order valence-electron chi connectivity index (χ0n) is 7.44. The van der Waals surface area contributed by atoms with Crippen molar-refractivity contribution < 1.29 is 0 Å². The molecule has 1 fully saturated rings. The highest BCUT2D eigenvalue weighted by Gasteiger charge is 2.13. The summed E-state index contributed by atoms with van der Waals surface area (Å²) in [5.74, 6) is 1.18. The van der Waals surface area contributed by atoms with Crippen LogP contribution >= 0.6 is 11.8 Å². The molecule has 11 heavy (non-hydrogen) atoms. The van der Waals surface area contributed by atoms with E-state index in [9.17, 15) is 0 Å². The Kier molecular flexibility index (Phi) is 5.04. The maximum absolute atomic E-state index is 3.38. The molecule has 1 saturated heterocycles. The Balaban J connectivity index is 1.86. The SMILES string of the molecule is CCCCCCC1CNCS1. The lowest BCUT2D eigenvalue weighted by Crippen LogP contribution is -2.12. The Morgan fingerprint density at radius 1 is 1.36 bits per heavy atom. The third-order valence-electron chi connectivity index (χ3n) is 2.17. The van der Waals surface area contributed by atoms with Crippen LogP contribution in [-0.2, 0) is 0 Å².